The second-order valence-corrected chi connectivity index (χ2v) is 7.69. The molecule has 1 rings (SSSR count). The van der Waals surface area contributed by atoms with Crippen LogP contribution in [0.2, 0.25) is 10.0 Å². The summed E-state index contributed by atoms with van der Waals surface area (Å²) in [6.07, 6.45) is 0.706. The molecule has 0 aliphatic rings. The first kappa shape index (κ1) is 17.2. The van der Waals surface area contributed by atoms with Gasteiger partial charge in [0.25, 0.3) is 0 Å². The van der Waals surface area contributed by atoms with E-state index in [9.17, 15) is 8.42 Å². The van der Waals surface area contributed by atoms with Crippen molar-refractivity contribution >= 4 is 49.2 Å². The molecule has 108 valence electrons. The van der Waals surface area contributed by atoms with Crippen LogP contribution in [0.3, 0.4) is 0 Å². The first-order valence-corrected chi connectivity index (χ1v) is 8.55. The number of hydrogen-bond acceptors (Lipinski definition) is 3. The van der Waals surface area contributed by atoms with Gasteiger partial charge in [-0.1, -0.05) is 39.1 Å². The average molecular weight is 390 g/mol. The van der Waals surface area contributed by atoms with Crippen LogP contribution < -0.4 is 5.32 Å². The largest absolute Gasteiger partial charge is 0.320 e. The molecule has 0 saturated heterocycles. The molecule has 0 aliphatic carbocycles. The Bertz CT molecular complexity index is 529. The van der Waals surface area contributed by atoms with Gasteiger partial charge in [-0.3, -0.25) is 0 Å². The van der Waals surface area contributed by atoms with Gasteiger partial charge in [-0.2, -0.15) is 0 Å². The zero-order chi connectivity index (χ0) is 14.6. The smallest absolute Gasteiger partial charge is 0.245 e. The van der Waals surface area contributed by atoms with E-state index >= 15 is 0 Å². The highest BCUT2D eigenvalue weighted by atomic mass is 79.9. The van der Waals surface area contributed by atoms with E-state index < -0.39 is 10.0 Å². The predicted molar refractivity (Wildman–Crippen MR) is 82.5 cm³/mol. The van der Waals surface area contributed by atoms with Crippen molar-refractivity contribution < 1.29 is 8.42 Å². The fraction of sp³-hybridized carbons (Fsp3) is 0.455. The van der Waals surface area contributed by atoms with E-state index in [0.29, 0.717) is 17.4 Å². The summed E-state index contributed by atoms with van der Waals surface area (Å²) in [5.41, 5.74) is 0. The van der Waals surface area contributed by atoms with E-state index in [-0.39, 0.29) is 14.9 Å². The van der Waals surface area contributed by atoms with E-state index in [4.69, 9.17) is 23.2 Å². The fourth-order valence-corrected chi connectivity index (χ4v) is 4.62. The van der Waals surface area contributed by atoms with Gasteiger partial charge >= 0.3 is 0 Å². The van der Waals surface area contributed by atoms with Gasteiger partial charge in [0.2, 0.25) is 10.0 Å². The molecule has 0 bridgehead atoms. The van der Waals surface area contributed by atoms with Crippen LogP contribution in [0.15, 0.2) is 21.5 Å². The standard InChI is InChI=1S/C11H15BrCl2N2O2S/c1-15-4-3-5-16(2)19(17,18)11-9(13)6-8(12)7-10(11)14/h6-7,15H,3-5H2,1-2H3. The van der Waals surface area contributed by atoms with Crippen molar-refractivity contribution in [1.82, 2.24) is 9.62 Å². The maximum absolute atomic E-state index is 12.4. The minimum Gasteiger partial charge on any atom is -0.320 e. The highest BCUT2D eigenvalue weighted by Gasteiger charge is 2.26. The maximum atomic E-state index is 12.4. The molecule has 19 heavy (non-hydrogen) atoms. The van der Waals surface area contributed by atoms with Gasteiger partial charge in [0, 0.05) is 18.1 Å². The quantitative estimate of drug-likeness (QED) is 0.760. The van der Waals surface area contributed by atoms with Gasteiger partial charge < -0.3 is 5.32 Å². The molecule has 1 N–H and O–H groups in total. The van der Waals surface area contributed by atoms with Crippen molar-refractivity contribution in [3.05, 3.63) is 26.7 Å². The zero-order valence-corrected chi connectivity index (χ0v) is 14.5. The summed E-state index contributed by atoms with van der Waals surface area (Å²) in [6, 6.07) is 3.03. The lowest BCUT2D eigenvalue weighted by Gasteiger charge is -2.19. The van der Waals surface area contributed by atoms with Crippen molar-refractivity contribution in [2.24, 2.45) is 0 Å². The summed E-state index contributed by atoms with van der Waals surface area (Å²) in [5.74, 6) is 0. The number of sulfonamides is 1. The molecule has 0 fully saturated rings. The van der Waals surface area contributed by atoms with Crippen molar-refractivity contribution in [3.63, 3.8) is 0 Å². The predicted octanol–water partition coefficient (Wildman–Crippen LogP) is 2.99. The Hall–Kier alpha value is 0.150. The monoisotopic (exact) mass is 388 g/mol. The van der Waals surface area contributed by atoms with Gasteiger partial charge in [0.1, 0.15) is 4.90 Å². The minimum absolute atomic E-state index is 0.0500. The normalized spacial score (nSPS) is 12.1. The molecule has 0 aliphatic heterocycles. The van der Waals surface area contributed by atoms with E-state index in [1.54, 1.807) is 0 Å². The molecule has 0 amide bonds. The van der Waals surface area contributed by atoms with Crippen LogP contribution in [0.4, 0.5) is 0 Å². The summed E-state index contributed by atoms with van der Waals surface area (Å²) >= 11 is 15.2. The zero-order valence-electron chi connectivity index (χ0n) is 10.6. The molecule has 1 aromatic rings. The highest BCUT2D eigenvalue weighted by Crippen LogP contribution is 2.34. The third kappa shape index (κ3) is 4.31. The molecule has 0 spiro atoms. The minimum atomic E-state index is -3.68. The Kier molecular flexibility index (Phi) is 6.56. The molecule has 0 heterocycles. The molecule has 0 unspecified atom stereocenters. The number of hydrogen-bond donors (Lipinski definition) is 1. The summed E-state index contributed by atoms with van der Waals surface area (Å²) < 4.78 is 26.7. The maximum Gasteiger partial charge on any atom is 0.245 e. The Labute approximate surface area is 132 Å². The van der Waals surface area contributed by atoms with E-state index in [1.165, 1.54) is 23.5 Å². The molecule has 0 saturated carbocycles. The third-order valence-electron chi connectivity index (χ3n) is 2.53. The lowest BCUT2D eigenvalue weighted by atomic mass is 10.4. The molecule has 0 atom stereocenters. The lowest BCUT2D eigenvalue weighted by Crippen LogP contribution is -2.30. The summed E-state index contributed by atoms with van der Waals surface area (Å²) in [6.45, 7) is 1.13. The second kappa shape index (κ2) is 7.24. The number of benzene rings is 1. The Balaban J connectivity index is 3.07. The van der Waals surface area contributed by atoms with Gasteiger partial charge in [0.15, 0.2) is 0 Å². The van der Waals surface area contributed by atoms with Crippen LogP contribution in [0.5, 0.6) is 0 Å². The van der Waals surface area contributed by atoms with Crippen LogP contribution in [0.25, 0.3) is 0 Å². The molecular weight excluding hydrogens is 375 g/mol. The lowest BCUT2D eigenvalue weighted by molar-refractivity contribution is 0.458. The molecular formula is C11H15BrCl2N2O2S. The van der Waals surface area contributed by atoms with Gasteiger partial charge in [0.05, 0.1) is 10.0 Å². The highest BCUT2D eigenvalue weighted by molar-refractivity contribution is 9.10. The second-order valence-electron chi connectivity index (χ2n) is 3.98. The molecule has 0 aromatic heterocycles. The van der Waals surface area contributed by atoms with E-state index in [0.717, 1.165) is 6.54 Å². The molecule has 0 radical (unpaired) electrons. The van der Waals surface area contributed by atoms with E-state index in [2.05, 4.69) is 21.2 Å². The Morgan fingerprint density at radius 1 is 1.32 bits per heavy atom. The number of nitrogens with zero attached hydrogens (tertiary/aromatic N) is 1. The molecule has 8 heteroatoms. The number of halogens is 3. The first-order valence-electron chi connectivity index (χ1n) is 5.56. The van der Waals surface area contributed by atoms with Crippen LogP contribution in [-0.4, -0.2) is 39.9 Å². The van der Waals surface area contributed by atoms with Crippen LogP contribution >= 0.6 is 39.1 Å². The van der Waals surface area contributed by atoms with Crippen LogP contribution in [0, 0.1) is 0 Å². The SMILES string of the molecule is CNCCCN(C)S(=O)(=O)c1c(Cl)cc(Br)cc1Cl. The number of rotatable bonds is 6. The van der Waals surface area contributed by atoms with E-state index in [1.807, 2.05) is 7.05 Å². The van der Waals surface area contributed by atoms with Gasteiger partial charge in [-0.25, -0.2) is 12.7 Å². The molecule has 4 nitrogen and oxygen atoms in total. The summed E-state index contributed by atoms with van der Waals surface area (Å²) in [7, 11) is -0.347. The van der Waals surface area contributed by atoms with Crippen molar-refractivity contribution in [2.45, 2.75) is 11.3 Å². The Morgan fingerprint density at radius 2 is 1.84 bits per heavy atom. The number of nitrogens with one attached hydrogen (secondary N) is 1. The third-order valence-corrected chi connectivity index (χ3v) is 5.77. The van der Waals surface area contributed by atoms with Crippen molar-refractivity contribution in [2.75, 3.05) is 27.2 Å². The first-order chi connectivity index (χ1) is 8.80. The fourth-order valence-electron chi connectivity index (χ4n) is 1.53. The summed E-state index contributed by atoms with van der Waals surface area (Å²) in [5, 5.41) is 3.19. The Morgan fingerprint density at radius 3 is 2.32 bits per heavy atom. The molecule has 1 aromatic carbocycles. The topological polar surface area (TPSA) is 49.4 Å². The average Bonchev–Trinajstić information content (AvgIpc) is 2.27. The van der Waals surface area contributed by atoms with Crippen molar-refractivity contribution in [3.8, 4) is 0 Å². The van der Waals surface area contributed by atoms with Crippen molar-refractivity contribution in [1.29, 1.82) is 0 Å². The van der Waals surface area contributed by atoms with Crippen LogP contribution in [0.1, 0.15) is 6.42 Å². The van der Waals surface area contributed by atoms with Gasteiger partial charge in [-0.05, 0) is 32.1 Å². The summed E-state index contributed by atoms with van der Waals surface area (Å²) in [4.78, 5) is -0.0500. The van der Waals surface area contributed by atoms with Gasteiger partial charge in [-0.15, -0.1) is 0 Å². The van der Waals surface area contributed by atoms with Crippen LogP contribution in [-0.2, 0) is 10.0 Å².